The molecule has 0 aliphatic carbocycles. The maximum atomic E-state index is 5.48. The maximum absolute atomic E-state index is 5.48. The Morgan fingerprint density at radius 1 is 0.356 bits per heavy atom. The van der Waals surface area contributed by atoms with E-state index < -0.39 is 0 Å². The van der Waals surface area contributed by atoms with Crippen molar-refractivity contribution in [2.45, 2.75) is 246 Å². The van der Waals surface area contributed by atoms with E-state index in [0.717, 1.165) is 75.6 Å². The molecule has 0 fully saturated rings. The van der Waals surface area contributed by atoms with E-state index in [1.54, 1.807) is 0 Å². The van der Waals surface area contributed by atoms with Crippen molar-refractivity contribution in [3.05, 3.63) is 59.7 Å². The van der Waals surface area contributed by atoms with E-state index >= 15 is 0 Å². The van der Waals surface area contributed by atoms with Gasteiger partial charge < -0.3 is 0 Å². The summed E-state index contributed by atoms with van der Waals surface area (Å²) in [6.07, 6.45) is 42.2. The monoisotopic (exact) mass is 847 g/mol. The van der Waals surface area contributed by atoms with Crippen molar-refractivity contribution >= 4 is 22.8 Å². The van der Waals surface area contributed by atoms with E-state index in [9.17, 15) is 0 Å². The number of hydrogen-bond acceptors (Lipinski definition) is 2. The molecule has 0 heterocycles. The van der Waals surface area contributed by atoms with E-state index in [1.807, 2.05) is 0 Å². The van der Waals surface area contributed by atoms with Crippen LogP contribution in [0.3, 0.4) is 0 Å². The smallest absolute Gasteiger partial charge is 0.0666 e. The van der Waals surface area contributed by atoms with Gasteiger partial charge in [-0.2, -0.15) is 0 Å². The molecule has 0 spiro atoms. The summed E-state index contributed by atoms with van der Waals surface area (Å²) in [5, 5.41) is 0. The first-order valence-corrected chi connectivity index (χ1v) is 25.0. The Labute approximate surface area is 376 Å². The first kappa shape index (κ1) is 54.4. The predicted molar refractivity (Wildman–Crippen MR) is 260 cm³/mol. The molecule has 0 saturated heterocycles. The minimum atomic E-state index is 0. The number of rotatable bonds is 35. The first-order valence-electron chi connectivity index (χ1n) is 25.0. The molecular weight excluding hydrogens is 759 g/mol. The second kappa shape index (κ2) is 40.8. The Hall–Kier alpha value is -2.61. The summed E-state index contributed by atoms with van der Waals surface area (Å²) in [7, 11) is 0. The minimum absolute atomic E-state index is 0. The fourth-order valence-corrected chi connectivity index (χ4v) is 7.72. The summed E-state index contributed by atoms with van der Waals surface area (Å²) < 4.78 is 0. The molecule has 0 N–H and O–H groups in total. The molecule has 0 aliphatic heterocycles. The number of aliphatic imine (C=N–C) groups is 2. The zero-order chi connectivity index (χ0) is 41.4. The molecule has 2 rings (SSSR count). The van der Waals surface area contributed by atoms with Gasteiger partial charge in [0.25, 0.3) is 0 Å². The van der Waals surface area contributed by atoms with Gasteiger partial charge in [0.05, 0.1) is 22.8 Å². The molecule has 0 aliphatic rings. The molecule has 2 aromatic rings. The van der Waals surface area contributed by atoms with Crippen LogP contribution in [0.25, 0.3) is 0 Å². The van der Waals surface area contributed by atoms with Crippen LogP contribution in [0.1, 0.15) is 244 Å². The van der Waals surface area contributed by atoms with E-state index in [1.165, 1.54) is 177 Å². The summed E-state index contributed by atoms with van der Waals surface area (Å²) in [6, 6.07) is 17.5. The molecule has 0 unspecified atom stereocenters. The summed E-state index contributed by atoms with van der Waals surface area (Å²) >= 11 is 0. The topological polar surface area (TPSA) is 24.7 Å². The van der Waals surface area contributed by atoms with Crippen molar-refractivity contribution in [1.82, 2.24) is 0 Å². The van der Waals surface area contributed by atoms with E-state index in [2.05, 4.69) is 99.9 Å². The zero-order valence-electron chi connectivity index (χ0n) is 38.9. The Morgan fingerprint density at radius 3 is 1.00 bits per heavy atom. The summed E-state index contributed by atoms with van der Waals surface area (Å²) in [5.74, 6) is 14.0. The van der Waals surface area contributed by atoms with Gasteiger partial charge in [-0.05, 0) is 74.6 Å². The SMILES string of the molecule is CCCCCCCCCCCCC#CCCc1ccccc1N=C(CCCCC)C(CCCCC)=Nc1ccccc1CCC#CCCCCCCCCCCCC.[Ni]. The number of unbranched alkanes of at least 4 members (excludes halogenated alkanes) is 24. The molecule has 0 aromatic heterocycles. The van der Waals surface area contributed by atoms with Crippen LogP contribution < -0.4 is 0 Å². The number of para-hydroxylation sites is 2. The van der Waals surface area contributed by atoms with Crippen LogP contribution in [0.4, 0.5) is 11.4 Å². The molecule has 0 amide bonds. The van der Waals surface area contributed by atoms with Gasteiger partial charge in [-0.3, -0.25) is 9.98 Å². The van der Waals surface area contributed by atoms with Crippen LogP contribution in [-0.2, 0) is 29.3 Å². The quantitative estimate of drug-likeness (QED) is 0.0286. The molecule has 0 saturated carbocycles. The maximum Gasteiger partial charge on any atom is 0.0666 e. The normalized spacial score (nSPS) is 11.5. The second-order valence-corrected chi connectivity index (χ2v) is 16.9. The molecule has 332 valence electrons. The first-order chi connectivity index (χ1) is 28.7. The van der Waals surface area contributed by atoms with Gasteiger partial charge in [-0.15, -0.1) is 23.7 Å². The number of benzene rings is 2. The van der Waals surface area contributed by atoms with Crippen molar-refractivity contribution in [3.63, 3.8) is 0 Å². The Morgan fingerprint density at radius 2 is 0.644 bits per heavy atom. The van der Waals surface area contributed by atoms with Crippen molar-refractivity contribution in [1.29, 1.82) is 0 Å². The third-order valence-corrected chi connectivity index (χ3v) is 11.5. The van der Waals surface area contributed by atoms with Gasteiger partial charge in [-0.25, -0.2) is 0 Å². The van der Waals surface area contributed by atoms with Gasteiger partial charge in [0.1, 0.15) is 0 Å². The molecule has 2 nitrogen and oxygen atoms in total. The summed E-state index contributed by atoms with van der Waals surface area (Å²) in [6.45, 7) is 9.16. The number of aryl methyl sites for hydroxylation is 2. The van der Waals surface area contributed by atoms with E-state index in [4.69, 9.17) is 9.98 Å². The largest absolute Gasteiger partial charge is 0.251 e. The fraction of sp³-hybridized carbons (Fsp3) is 0.679. The molecule has 59 heavy (non-hydrogen) atoms. The third kappa shape index (κ3) is 29.3. The van der Waals surface area contributed by atoms with Crippen molar-refractivity contribution in [2.24, 2.45) is 9.98 Å². The van der Waals surface area contributed by atoms with Gasteiger partial charge in [-0.1, -0.05) is 205 Å². The third-order valence-electron chi connectivity index (χ3n) is 11.5. The van der Waals surface area contributed by atoms with Gasteiger partial charge in [0.2, 0.25) is 0 Å². The average Bonchev–Trinajstić information content (AvgIpc) is 3.24. The van der Waals surface area contributed by atoms with Crippen LogP contribution in [0.15, 0.2) is 58.5 Å². The zero-order valence-corrected chi connectivity index (χ0v) is 39.9. The Balaban J connectivity index is 0.0000174. The Bertz CT molecular complexity index is 1350. The number of nitrogens with zero attached hydrogens (tertiary/aromatic N) is 2. The predicted octanol–water partition coefficient (Wildman–Crippen LogP) is 18.2. The summed E-state index contributed by atoms with van der Waals surface area (Å²) in [4.78, 5) is 11.0. The van der Waals surface area contributed by atoms with E-state index in [0.29, 0.717) is 0 Å². The standard InChI is InChI=1S/C56H88N2.Ni/c1-5-9-13-15-17-19-21-23-25-27-29-31-33-37-43-51-45-39-41-47-53(51)57-55(49-35-11-7-3)56(50-36-12-8-4)58-54-48-42-40-46-52(54)44-38-34-32-30-28-26-24-22-20-18-16-14-10-6-2;/h39-42,45-48H,5-30,35-38,43-44,49-50H2,1-4H3;. The van der Waals surface area contributed by atoms with Crippen LogP contribution in [0, 0.1) is 23.7 Å². The summed E-state index contributed by atoms with van der Waals surface area (Å²) in [5.41, 5.74) is 7.14. The fourth-order valence-electron chi connectivity index (χ4n) is 7.72. The molecular formula is C56H88N2Ni. The second-order valence-electron chi connectivity index (χ2n) is 16.9. The van der Waals surface area contributed by atoms with Gasteiger partial charge in [0.15, 0.2) is 0 Å². The molecule has 0 radical (unpaired) electrons. The molecule has 0 atom stereocenters. The van der Waals surface area contributed by atoms with Gasteiger partial charge >= 0.3 is 0 Å². The van der Waals surface area contributed by atoms with Crippen molar-refractivity contribution < 1.29 is 16.5 Å². The van der Waals surface area contributed by atoms with Crippen LogP contribution in [0.2, 0.25) is 0 Å². The van der Waals surface area contributed by atoms with Gasteiger partial charge in [0, 0.05) is 42.2 Å². The van der Waals surface area contributed by atoms with Crippen LogP contribution in [0.5, 0.6) is 0 Å². The van der Waals surface area contributed by atoms with Crippen LogP contribution in [-0.4, -0.2) is 11.4 Å². The van der Waals surface area contributed by atoms with Crippen molar-refractivity contribution in [2.75, 3.05) is 0 Å². The minimum Gasteiger partial charge on any atom is -0.251 e. The Kier molecular flexibility index (Phi) is 37.6. The van der Waals surface area contributed by atoms with Crippen LogP contribution >= 0.6 is 0 Å². The van der Waals surface area contributed by atoms with Crippen molar-refractivity contribution in [3.8, 4) is 23.7 Å². The number of hydrogen-bond donors (Lipinski definition) is 0. The van der Waals surface area contributed by atoms with E-state index in [-0.39, 0.29) is 16.5 Å². The average molecular weight is 848 g/mol. The molecule has 2 aromatic carbocycles. The molecule has 0 bridgehead atoms. The molecule has 3 heteroatoms.